The third-order valence-corrected chi connectivity index (χ3v) is 3.28. The molecule has 0 bridgehead atoms. The number of ether oxygens (including phenoxy) is 1. The second-order valence-corrected chi connectivity index (χ2v) is 7.57. The van der Waals surface area contributed by atoms with E-state index >= 15 is 0 Å². The van der Waals surface area contributed by atoms with Crippen LogP contribution in [0.4, 0.5) is 0 Å². The zero-order valence-electron chi connectivity index (χ0n) is 15.8. The summed E-state index contributed by atoms with van der Waals surface area (Å²) < 4.78 is 5.50. The monoisotopic (exact) mass is 361 g/mol. The third-order valence-electron chi connectivity index (χ3n) is 3.28. The molecule has 0 radical (unpaired) electrons. The number of rotatable bonds is 6. The number of nitrogens with two attached hydrogens (primary N) is 1. The second-order valence-electron chi connectivity index (χ2n) is 7.57. The summed E-state index contributed by atoms with van der Waals surface area (Å²) in [7, 11) is 0. The summed E-state index contributed by atoms with van der Waals surface area (Å²) in [5.41, 5.74) is 6.59. The molecule has 7 nitrogen and oxygen atoms in total. The lowest BCUT2D eigenvalue weighted by atomic mass is 9.95. The van der Waals surface area contributed by atoms with Gasteiger partial charge in [0, 0.05) is 16.5 Å². The lowest BCUT2D eigenvalue weighted by molar-refractivity contribution is -0.132. The second kappa shape index (κ2) is 8.70. The minimum absolute atomic E-state index is 0.0839. The highest BCUT2D eigenvalue weighted by Gasteiger charge is 2.33. The van der Waals surface area contributed by atoms with E-state index < -0.39 is 23.4 Å². The van der Waals surface area contributed by atoms with E-state index in [1.807, 2.05) is 20.8 Å². The molecule has 1 rings (SSSR count). The van der Waals surface area contributed by atoms with E-state index in [-0.39, 0.29) is 12.0 Å². The van der Waals surface area contributed by atoms with Crippen LogP contribution in [0, 0.1) is 17.3 Å². The molecule has 0 heterocycles. The molecule has 2 amide bonds. The number of nitrogens with one attached hydrogen (secondary N) is 2. The molecule has 0 aliphatic carbocycles. The standard InChI is InChI=1S/C19H27N3O4/c1-18(2,3)11-6-12-26-14-9-7-13(8-10-14)16(23)21-15(17(24)22-25)19(4,5)20/h7-10,15,25H,12,20H2,1-5H3,(H,21,23)(H,22,24). The Hall–Kier alpha value is -2.56. The van der Waals surface area contributed by atoms with E-state index in [0.717, 1.165) is 0 Å². The van der Waals surface area contributed by atoms with Gasteiger partial charge < -0.3 is 15.8 Å². The van der Waals surface area contributed by atoms with Gasteiger partial charge in [-0.3, -0.25) is 14.8 Å². The zero-order valence-corrected chi connectivity index (χ0v) is 15.8. The molecule has 7 heteroatoms. The Morgan fingerprint density at radius 1 is 1.19 bits per heavy atom. The van der Waals surface area contributed by atoms with E-state index in [4.69, 9.17) is 15.7 Å². The highest BCUT2D eigenvalue weighted by molar-refractivity contribution is 5.97. The summed E-state index contributed by atoms with van der Waals surface area (Å²) in [5.74, 6) is 5.30. The summed E-state index contributed by atoms with van der Waals surface area (Å²) >= 11 is 0. The first-order chi connectivity index (χ1) is 11.9. The SMILES string of the molecule is CC(C)(C)C#CCOc1ccc(C(=O)NC(C(=O)NO)C(C)(C)N)cc1. The van der Waals surface area contributed by atoms with Crippen molar-refractivity contribution in [1.82, 2.24) is 10.8 Å². The molecule has 0 aliphatic heterocycles. The molecule has 26 heavy (non-hydrogen) atoms. The molecule has 0 spiro atoms. The van der Waals surface area contributed by atoms with E-state index in [2.05, 4.69) is 17.2 Å². The quantitative estimate of drug-likeness (QED) is 0.348. The number of hydrogen-bond donors (Lipinski definition) is 4. The highest BCUT2D eigenvalue weighted by Crippen LogP contribution is 2.14. The van der Waals surface area contributed by atoms with Crippen molar-refractivity contribution in [3.63, 3.8) is 0 Å². The summed E-state index contributed by atoms with van der Waals surface area (Å²) in [6.07, 6.45) is 0. The van der Waals surface area contributed by atoms with Gasteiger partial charge in [0.15, 0.2) is 0 Å². The first-order valence-electron chi connectivity index (χ1n) is 8.20. The Kier molecular flexibility index (Phi) is 7.19. The molecule has 0 saturated heterocycles. The molecular weight excluding hydrogens is 334 g/mol. The van der Waals surface area contributed by atoms with Gasteiger partial charge in [0.25, 0.3) is 11.8 Å². The molecule has 0 fully saturated rings. The molecule has 1 aromatic rings. The van der Waals surface area contributed by atoms with Crippen molar-refractivity contribution in [2.75, 3.05) is 6.61 Å². The number of carbonyl (C=O) groups excluding carboxylic acids is 2. The number of amides is 2. The van der Waals surface area contributed by atoms with Crippen molar-refractivity contribution in [2.45, 2.75) is 46.2 Å². The molecule has 0 saturated carbocycles. The molecule has 1 aromatic carbocycles. The third kappa shape index (κ3) is 7.13. The van der Waals surface area contributed by atoms with Crippen LogP contribution in [0.3, 0.4) is 0 Å². The van der Waals surface area contributed by atoms with Crippen LogP contribution >= 0.6 is 0 Å². The van der Waals surface area contributed by atoms with Gasteiger partial charge in [-0.05, 0) is 58.9 Å². The minimum atomic E-state index is -1.09. The Morgan fingerprint density at radius 3 is 2.23 bits per heavy atom. The maximum Gasteiger partial charge on any atom is 0.267 e. The van der Waals surface area contributed by atoms with Crippen LogP contribution in [0.25, 0.3) is 0 Å². The Balaban J connectivity index is 2.73. The number of carbonyl (C=O) groups is 2. The lowest BCUT2D eigenvalue weighted by Crippen LogP contribution is -2.61. The van der Waals surface area contributed by atoms with Gasteiger partial charge in [0.05, 0.1) is 0 Å². The van der Waals surface area contributed by atoms with Crippen molar-refractivity contribution in [1.29, 1.82) is 0 Å². The van der Waals surface area contributed by atoms with Gasteiger partial charge in [-0.15, -0.1) is 0 Å². The molecule has 5 N–H and O–H groups in total. The highest BCUT2D eigenvalue weighted by atomic mass is 16.5. The zero-order chi connectivity index (χ0) is 20.0. The van der Waals surface area contributed by atoms with Gasteiger partial charge in [-0.25, -0.2) is 5.48 Å². The smallest absolute Gasteiger partial charge is 0.267 e. The molecule has 0 aromatic heterocycles. The first kappa shape index (κ1) is 21.5. The minimum Gasteiger partial charge on any atom is -0.481 e. The average Bonchev–Trinajstić information content (AvgIpc) is 2.54. The average molecular weight is 361 g/mol. The van der Waals surface area contributed by atoms with Crippen LogP contribution in [-0.2, 0) is 4.79 Å². The first-order valence-corrected chi connectivity index (χ1v) is 8.20. The van der Waals surface area contributed by atoms with Crippen molar-refractivity contribution >= 4 is 11.8 Å². The van der Waals surface area contributed by atoms with Crippen molar-refractivity contribution in [2.24, 2.45) is 11.1 Å². The molecule has 1 atom stereocenters. The summed E-state index contributed by atoms with van der Waals surface area (Å²) in [5, 5.41) is 11.3. The van der Waals surface area contributed by atoms with Crippen LogP contribution in [0.1, 0.15) is 45.0 Å². The fourth-order valence-corrected chi connectivity index (χ4v) is 1.99. The Bertz CT molecular complexity index is 689. The Morgan fingerprint density at radius 2 is 1.77 bits per heavy atom. The number of hydroxylamine groups is 1. The van der Waals surface area contributed by atoms with Crippen molar-refractivity contribution in [3.05, 3.63) is 29.8 Å². The summed E-state index contributed by atoms with van der Waals surface area (Å²) in [6.45, 7) is 9.44. The van der Waals surface area contributed by atoms with Crippen molar-refractivity contribution < 1.29 is 19.5 Å². The van der Waals surface area contributed by atoms with E-state index in [1.165, 1.54) is 5.48 Å². The van der Waals surface area contributed by atoms with Gasteiger partial charge in [-0.1, -0.05) is 11.8 Å². The van der Waals surface area contributed by atoms with Gasteiger partial charge in [-0.2, -0.15) is 0 Å². The lowest BCUT2D eigenvalue weighted by Gasteiger charge is -2.29. The summed E-state index contributed by atoms with van der Waals surface area (Å²) in [4.78, 5) is 24.0. The van der Waals surface area contributed by atoms with Crippen LogP contribution in [0.2, 0.25) is 0 Å². The van der Waals surface area contributed by atoms with Gasteiger partial charge in [0.2, 0.25) is 0 Å². The maximum atomic E-state index is 12.3. The maximum absolute atomic E-state index is 12.3. The van der Waals surface area contributed by atoms with Crippen LogP contribution in [0.15, 0.2) is 24.3 Å². The molecular formula is C19H27N3O4. The van der Waals surface area contributed by atoms with Crippen LogP contribution in [-0.4, -0.2) is 35.2 Å². The fraction of sp³-hybridized carbons (Fsp3) is 0.474. The van der Waals surface area contributed by atoms with Crippen LogP contribution in [0.5, 0.6) is 5.75 Å². The van der Waals surface area contributed by atoms with E-state index in [1.54, 1.807) is 38.1 Å². The fourth-order valence-electron chi connectivity index (χ4n) is 1.99. The predicted octanol–water partition coefficient (Wildman–Crippen LogP) is 1.46. The summed E-state index contributed by atoms with van der Waals surface area (Å²) in [6, 6.07) is 5.33. The van der Waals surface area contributed by atoms with Crippen molar-refractivity contribution in [3.8, 4) is 17.6 Å². The number of hydrogen-bond acceptors (Lipinski definition) is 5. The molecule has 0 aliphatic rings. The van der Waals surface area contributed by atoms with E-state index in [0.29, 0.717) is 11.3 Å². The molecule has 1 unspecified atom stereocenters. The largest absolute Gasteiger partial charge is 0.481 e. The predicted molar refractivity (Wildman–Crippen MR) is 98.6 cm³/mol. The van der Waals surface area contributed by atoms with Crippen LogP contribution < -0.4 is 21.3 Å². The topological polar surface area (TPSA) is 114 Å². The van der Waals surface area contributed by atoms with E-state index in [9.17, 15) is 9.59 Å². The number of benzene rings is 1. The van der Waals surface area contributed by atoms with Gasteiger partial charge in [0.1, 0.15) is 18.4 Å². The molecule has 142 valence electrons. The normalized spacial score (nSPS) is 12.4. The Labute approximate surface area is 154 Å². The van der Waals surface area contributed by atoms with Gasteiger partial charge >= 0.3 is 0 Å².